The predicted molar refractivity (Wildman–Crippen MR) is 112 cm³/mol. The Bertz CT molecular complexity index is 1010. The minimum atomic E-state index is -0.494. The minimum absolute atomic E-state index is 0.0228. The summed E-state index contributed by atoms with van der Waals surface area (Å²) in [7, 11) is 0. The number of benzene rings is 2. The third kappa shape index (κ3) is 2.93. The summed E-state index contributed by atoms with van der Waals surface area (Å²) in [6.45, 7) is 3.88. The number of nitrogens with two attached hydrogens (primary N) is 1. The first-order valence-corrected chi connectivity index (χ1v) is 10.6. The largest absolute Gasteiger partial charge is 0.486 e. The van der Waals surface area contributed by atoms with Gasteiger partial charge >= 0.3 is 0 Å². The summed E-state index contributed by atoms with van der Waals surface area (Å²) in [5.41, 5.74) is 8.73. The molecule has 2 amide bonds. The smallest absolute Gasteiger partial charge is 0.254 e. The van der Waals surface area contributed by atoms with E-state index in [4.69, 9.17) is 15.2 Å². The Balaban J connectivity index is 1.55. The van der Waals surface area contributed by atoms with Crippen molar-refractivity contribution in [2.24, 2.45) is 5.73 Å². The molecule has 30 heavy (non-hydrogen) atoms. The molecular weight excluding hydrogens is 380 g/mol. The monoisotopic (exact) mass is 406 g/mol. The highest BCUT2D eigenvalue weighted by Crippen LogP contribution is 2.52. The Kier molecular flexibility index (Phi) is 4.45. The maximum Gasteiger partial charge on any atom is 0.254 e. The molecule has 0 saturated heterocycles. The van der Waals surface area contributed by atoms with Crippen molar-refractivity contribution in [3.8, 4) is 11.5 Å². The Morgan fingerprint density at radius 1 is 1.00 bits per heavy atom. The summed E-state index contributed by atoms with van der Waals surface area (Å²) in [5, 5.41) is 0. The summed E-state index contributed by atoms with van der Waals surface area (Å²) in [6.07, 6.45) is 4.46. The van der Waals surface area contributed by atoms with Gasteiger partial charge in [-0.05, 0) is 67.3 Å². The molecule has 2 aliphatic heterocycles. The van der Waals surface area contributed by atoms with Crippen LogP contribution in [0.25, 0.3) is 0 Å². The minimum Gasteiger partial charge on any atom is -0.486 e. The lowest BCUT2D eigenvalue weighted by Gasteiger charge is -2.46. The number of rotatable bonds is 2. The van der Waals surface area contributed by atoms with Crippen LogP contribution in [0.4, 0.5) is 0 Å². The standard InChI is InChI=1S/C24H26N2O4/c1-15-18-12-20-21(30-11-10-29-20)13-19(18)24(8-2-3-9-24)14-26(15)23(28)17-6-4-16(5-7-17)22(25)27/h4-7,12-13,15H,2-3,8-11,14H2,1H3,(H2,25,27). The van der Waals surface area contributed by atoms with Gasteiger partial charge in [-0.2, -0.15) is 0 Å². The molecule has 1 fully saturated rings. The van der Waals surface area contributed by atoms with Crippen LogP contribution in [0.15, 0.2) is 36.4 Å². The number of ether oxygens (including phenoxy) is 2. The number of carbonyl (C=O) groups is 2. The quantitative estimate of drug-likeness (QED) is 0.826. The van der Waals surface area contributed by atoms with E-state index >= 15 is 0 Å². The molecule has 1 unspecified atom stereocenters. The maximum atomic E-state index is 13.5. The van der Waals surface area contributed by atoms with Gasteiger partial charge in [-0.15, -0.1) is 0 Å². The molecule has 0 bridgehead atoms. The van der Waals surface area contributed by atoms with Crippen molar-refractivity contribution in [3.63, 3.8) is 0 Å². The Hall–Kier alpha value is -3.02. The predicted octanol–water partition coefficient (Wildman–Crippen LogP) is 3.59. The van der Waals surface area contributed by atoms with Crippen molar-refractivity contribution in [1.29, 1.82) is 0 Å². The molecule has 0 radical (unpaired) electrons. The number of fused-ring (bicyclic) bond motifs is 3. The first-order chi connectivity index (χ1) is 14.5. The highest BCUT2D eigenvalue weighted by atomic mass is 16.6. The number of hydrogen-bond donors (Lipinski definition) is 1. The average Bonchev–Trinajstić information content (AvgIpc) is 3.24. The van der Waals surface area contributed by atoms with Crippen molar-refractivity contribution in [3.05, 3.63) is 58.7 Å². The van der Waals surface area contributed by atoms with Crippen LogP contribution in [0, 0.1) is 0 Å². The SMILES string of the molecule is CC1c2cc3c(cc2C2(CCCC2)CN1C(=O)c1ccc(C(N)=O)cc1)OCCO3. The summed E-state index contributed by atoms with van der Waals surface area (Å²) < 4.78 is 11.7. The first kappa shape index (κ1) is 19.0. The topological polar surface area (TPSA) is 81.9 Å². The molecule has 2 aromatic carbocycles. The number of carbonyl (C=O) groups excluding carboxylic acids is 2. The zero-order valence-electron chi connectivity index (χ0n) is 17.1. The lowest BCUT2D eigenvalue weighted by atomic mass is 9.71. The molecule has 6 heteroatoms. The highest BCUT2D eigenvalue weighted by molar-refractivity contribution is 5.97. The molecule has 3 aliphatic rings. The van der Waals surface area contributed by atoms with Crippen molar-refractivity contribution in [2.45, 2.75) is 44.1 Å². The molecule has 0 aromatic heterocycles. The Labute approximate surface area is 176 Å². The van der Waals surface area contributed by atoms with E-state index in [0.717, 1.165) is 42.7 Å². The van der Waals surface area contributed by atoms with Crippen molar-refractivity contribution >= 4 is 11.8 Å². The summed E-state index contributed by atoms with van der Waals surface area (Å²) in [4.78, 5) is 26.8. The molecule has 2 aromatic rings. The van der Waals surface area contributed by atoms with Crippen LogP contribution in [0.1, 0.15) is 70.5 Å². The lowest BCUT2D eigenvalue weighted by Crippen LogP contribution is -2.48. The normalized spacial score (nSPS) is 21.4. The molecule has 2 heterocycles. The van der Waals surface area contributed by atoms with Gasteiger partial charge in [0.2, 0.25) is 5.91 Å². The van der Waals surface area contributed by atoms with Crippen molar-refractivity contribution in [2.75, 3.05) is 19.8 Å². The fourth-order valence-electron chi connectivity index (χ4n) is 5.30. The number of primary amides is 1. The van der Waals surface area contributed by atoms with Gasteiger partial charge < -0.3 is 20.1 Å². The van der Waals surface area contributed by atoms with Gasteiger partial charge in [0.25, 0.3) is 5.91 Å². The molecular formula is C24H26N2O4. The fourth-order valence-corrected chi connectivity index (χ4v) is 5.30. The van der Waals surface area contributed by atoms with Crippen LogP contribution < -0.4 is 15.2 Å². The Morgan fingerprint density at radius 2 is 1.60 bits per heavy atom. The van der Waals surface area contributed by atoms with E-state index < -0.39 is 5.91 Å². The zero-order chi connectivity index (χ0) is 20.9. The van der Waals surface area contributed by atoms with E-state index in [1.165, 1.54) is 5.56 Å². The van der Waals surface area contributed by atoms with E-state index in [1.807, 2.05) is 4.90 Å². The van der Waals surface area contributed by atoms with E-state index in [2.05, 4.69) is 19.1 Å². The third-order valence-electron chi connectivity index (χ3n) is 6.91. The van der Waals surface area contributed by atoms with Crippen molar-refractivity contribution in [1.82, 2.24) is 4.90 Å². The lowest BCUT2D eigenvalue weighted by molar-refractivity contribution is 0.0593. The second kappa shape index (κ2) is 7.04. The third-order valence-corrected chi connectivity index (χ3v) is 6.91. The average molecular weight is 406 g/mol. The maximum absolute atomic E-state index is 13.5. The molecule has 156 valence electrons. The first-order valence-electron chi connectivity index (χ1n) is 10.6. The molecule has 1 saturated carbocycles. The highest BCUT2D eigenvalue weighted by Gasteiger charge is 2.46. The van der Waals surface area contributed by atoms with Crippen LogP contribution >= 0.6 is 0 Å². The summed E-state index contributed by atoms with van der Waals surface area (Å²) in [6, 6.07) is 10.8. The van der Waals surface area contributed by atoms with Gasteiger partial charge in [-0.3, -0.25) is 9.59 Å². The van der Waals surface area contributed by atoms with Gasteiger partial charge in [-0.1, -0.05) is 12.8 Å². The van der Waals surface area contributed by atoms with Crippen molar-refractivity contribution < 1.29 is 19.1 Å². The van der Waals surface area contributed by atoms with Crippen LogP contribution in [0.2, 0.25) is 0 Å². The van der Waals surface area contributed by atoms with Gasteiger partial charge in [0.1, 0.15) is 13.2 Å². The van der Waals surface area contributed by atoms with Gasteiger partial charge in [0.05, 0.1) is 6.04 Å². The van der Waals surface area contributed by atoms with Gasteiger partial charge in [0.15, 0.2) is 11.5 Å². The second-order valence-electron chi connectivity index (χ2n) is 8.62. The van der Waals surface area contributed by atoms with Crippen LogP contribution in [-0.4, -0.2) is 36.5 Å². The van der Waals surface area contributed by atoms with E-state index in [9.17, 15) is 9.59 Å². The fraction of sp³-hybridized carbons (Fsp3) is 0.417. The Morgan fingerprint density at radius 3 is 2.23 bits per heavy atom. The van der Waals surface area contributed by atoms with Crippen LogP contribution in [0.3, 0.4) is 0 Å². The van der Waals surface area contributed by atoms with E-state index in [-0.39, 0.29) is 17.4 Å². The molecule has 5 rings (SSSR count). The zero-order valence-corrected chi connectivity index (χ0v) is 17.1. The number of amides is 2. The summed E-state index contributed by atoms with van der Waals surface area (Å²) >= 11 is 0. The van der Waals surface area contributed by atoms with E-state index in [0.29, 0.717) is 30.9 Å². The number of hydrogen-bond acceptors (Lipinski definition) is 4. The molecule has 1 atom stereocenters. The molecule has 1 aliphatic carbocycles. The molecule has 2 N–H and O–H groups in total. The van der Waals surface area contributed by atoms with Crippen LogP contribution in [-0.2, 0) is 5.41 Å². The molecule has 1 spiro atoms. The summed E-state index contributed by atoms with van der Waals surface area (Å²) in [5.74, 6) is 1.07. The van der Waals surface area contributed by atoms with Gasteiger partial charge in [0, 0.05) is 23.1 Å². The number of nitrogens with zero attached hydrogens (tertiary/aromatic N) is 1. The van der Waals surface area contributed by atoms with E-state index in [1.54, 1.807) is 24.3 Å². The second-order valence-corrected chi connectivity index (χ2v) is 8.62. The van der Waals surface area contributed by atoms with Crippen LogP contribution in [0.5, 0.6) is 11.5 Å². The molecule has 6 nitrogen and oxygen atoms in total. The van der Waals surface area contributed by atoms with Gasteiger partial charge in [-0.25, -0.2) is 0 Å².